The Kier molecular flexibility index (Phi) is 2.38. The molecule has 0 atom stereocenters. The molecule has 4 heteroatoms. The van der Waals surface area contributed by atoms with Crippen LogP contribution in [-0.4, -0.2) is 21.8 Å². The van der Waals surface area contributed by atoms with Crippen molar-refractivity contribution in [3.63, 3.8) is 0 Å². The molecule has 0 aliphatic heterocycles. The fourth-order valence-electron chi connectivity index (χ4n) is 0.985. The summed E-state index contributed by atoms with van der Waals surface area (Å²) in [5.74, 6) is -0.507. The van der Waals surface area contributed by atoms with Gasteiger partial charge in [-0.05, 0) is 13.8 Å². The second kappa shape index (κ2) is 3.30. The Morgan fingerprint density at radius 1 is 1.75 bits per heavy atom. The van der Waals surface area contributed by atoms with Gasteiger partial charge >= 0.3 is 0 Å². The minimum atomic E-state index is -0.507. The highest BCUT2D eigenvalue weighted by Gasteiger charge is 2.10. The second-order valence-corrected chi connectivity index (χ2v) is 2.47. The lowest BCUT2D eigenvalue weighted by Gasteiger charge is -1.89. The van der Waals surface area contributed by atoms with E-state index in [0.29, 0.717) is 24.1 Å². The number of Topliss-reactive ketones (excluding diaryl/α,β-unsaturated/α-hetero) is 1. The molecule has 0 spiro atoms. The van der Waals surface area contributed by atoms with E-state index >= 15 is 0 Å². The van der Waals surface area contributed by atoms with Crippen LogP contribution in [-0.2, 0) is 11.3 Å². The number of aryl methyl sites for hydroxylation is 2. The van der Waals surface area contributed by atoms with E-state index in [9.17, 15) is 9.59 Å². The summed E-state index contributed by atoms with van der Waals surface area (Å²) in [6.45, 7) is 4.33. The molecule has 0 aliphatic carbocycles. The first-order valence-corrected chi connectivity index (χ1v) is 3.72. The zero-order valence-electron chi connectivity index (χ0n) is 7.07. The molecule has 0 aliphatic rings. The standard InChI is InChI=1S/C8H10N2O2/c1-3-10-4-7(6(2)9-10)8(12)5-11/h4-5H,3H2,1-2H3. The van der Waals surface area contributed by atoms with Crippen molar-refractivity contribution in [2.24, 2.45) is 0 Å². The summed E-state index contributed by atoms with van der Waals surface area (Å²) < 4.78 is 1.63. The number of carbonyl (C=O) groups is 2. The SMILES string of the molecule is CCn1cc(C(=O)C=O)c(C)n1. The van der Waals surface area contributed by atoms with Gasteiger partial charge in [0.2, 0.25) is 5.78 Å². The highest BCUT2D eigenvalue weighted by atomic mass is 16.2. The molecule has 0 radical (unpaired) electrons. The molecule has 0 aromatic carbocycles. The number of aromatic nitrogens is 2. The van der Waals surface area contributed by atoms with E-state index in [1.54, 1.807) is 17.8 Å². The Bertz CT molecular complexity index is 315. The van der Waals surface area contributed by atoms with E-state index in [1.807, 2.05) is 6.92 Å². The van der Waals surface area contributed by atoms with Gasteiger partial charge in [-0.15, -0.1) is 0 Å². The van der Waals surface area contributed by atoms with Crippen LogP contribution in [0.15, 0.2) is 6.20 Å². The topological polar surface area (TPSA) is 52.0 Å². The van der Waals surface area contributed by atoms with E-state index in [-0.39, 0.29) is 0 Å². The predicted octanol–water partition coefficient (Wildman–Crippen LogP) is 0.593. The number of aldehydes is 1. The molecule has 0 N–H and O–H groups in total. The van der Waals surface area contributed by atoms with Crippen molar-refractivity contribution >= 4 is 12.1 Å². The fraction of sp³-hybridized carbons (Fsp3) is 0.375. The average molecular weight is 166 g/mol. The van der Waals surface area contributed by atoms with Crippen LogP contribution in [0.5, 0.6) is 0 Å². The lowest BCUT2D eigenvalue weighted by atomic mass is 10.2. The van der Waals surface area contributed by atoms with Gasteiger partial charge in [-0.1, -0.05) is 0 Å². The van der Waals surface area contributed by atoms with E-state index < -0.39 is 5.78 Å². The third-order valence-electron chi connectivity index (χ3n) is 1.64. The smallest absolute Gasteiger partial charge is 0.228 e. The lowest BCUT2D eigenvalue weighted by Crippen LogP contribution is -1.99. The molecule has 1 heterocycles. The number of rotatable bonds is 3. The summed E-state index contributed by atoms with van der Waals surface area (Å²) in [5, 5.41) is 4.04. The van der Waals surface area contributed by atoms with E-state index in [0.717, 1.165) is 0 Å². The molecule has 1 aromatic rings. The summed E-state index contributed by atoms with van der Waals surface area (Å²) in [6, 6.07) is 0. The number of ketones is 1. The molecule has 12 heavy (non-hydrogen) atoms. The highest BCUT2D eigenvalue weighted by molar-refractivity contribution is 6.33. The van der Waals surface area contributed by atoms with Gasteiger partial charge in [0, 0.05) is 12.7 Å². The first-order chi connectivity index (χ1) is 5.69. The normalized spacial score (nSPS) is 9.83. The Balaban J connectivity index is 3.07. The predicted molar refractivity (Wildman–Crippen MR) is 43.0 cm³/mol. The van der Waals surface area contributed by atoms with E-state index in [1.165, 1.54) is 0 Å². The maximum atomic E-state index is 10.9. The van der Waals surface area contributed by atoms with Crippen LogP contribution in [0.1, 0.15) is 23.0 Å². The van der Waals surface area contributed by atoms with Crippen molar-refractivity contribution < 1.29 is 9.59 Å². The second-order valence-electron chi connectivity index (χ2n) is 2.47. The summed E-state index contributed by atoms with van der Waals surface area (Å²) >= 11 is 0. The maximum Gasteiger partial charge on any atom is 0.228 e. The van der Waals surface area contributed by atoms with Crippen molar-refractivity contribution in [3.8, 4) is 0 Å². The molecule has 0 saturated heterocycles. The number of nitrogens with zero attached hydrogens (tertiary/aromatic N) is 2. The Morgan fingerprint density at radius 3 is 2.83 bits per heavy atom. The van der Waals surface area contributed by atoms with Crippen LogP contribution in [0.4, 0.5) is 0 Å². The molecule has 64 valence electrons. The van der Waals surface area contributed by atoms with Crippen LogP contribution in [0.2, 0.25) is 0 Å². The zero-order valence-corrected chi connectivity index (χ0v) is 7.07. The number of hydrogen-bond acceptors (Lipinski definition) is 3. The Hall–Kier alpha value is -1.45. The first kappa shape index (κ1) is 8.64. The van der Waals surface area contributed by atoms with Crippen LogP contribution >= 0.6 is 0 Å². The minimum Gasteiger partial charge on any atom is -0.294 e. The van der Waals surface area contributed by atoms with Gasteiger partial charge in [0.05, 0.1) is 11.3 Å². The molecule has 1 rings (SSSR count). The van der Waals surface area contributed by atoms with Gasteiger partial charge in [0.25, 0.3) is 0 Å². The lowest BCUT2D eigenvalue weighted by molar-refractivity contribution is -0.104. The van der Waals surface area contributed by atoms with Crippen LogP contribution < -0.4 is 0 Å². The molecule has 0 saturated carbocycles. The molecule has 1 aromatic heterocycles. The van der Waals surface area contributed by atoms with Crippen LogP contribution in [0.25, 0.3) is 0 Å². The van der Waals surface area contributed by atoms with E-state index in [4.69, 9.17) is 0 Å². The van der Waals surface area contributed by atoms with Crippen molar-refractivity contribution in [1.29, 1.82) is 0 Å². The average Bonchev–Trinajstić information content (AvgIpc) is 2.45. The van der Waals surface area contributed by atoms with E-state index in [2.05, 4.69) is 5.10 Å². The van der Waals surface area contributed by atoms with Gasteiger partial charge in [0.15, 0.2) is 6.29 Å². The largest absolute Gasteiger partial charge is 0.294 e. The maximum absolute atomic E-state index is 10.9. The molecule has 0 fully saturated rings. The molecule has 0 bridgehead atoms. The van der Waals surface area contributed by atoms with Crippen molar-refractivity contribution in [3.05, 3.63) is 17.5 Å². The summed E-state index contributed by atoms with van der Waals surface area (Å²) in [4.78, 5) is 21.1. The summed E-state index contributed by atoms with van der Waals surface area (Å²) in [7, 11) is 0. The van der Waals surface area contributed by atoms with Crippen molar-refractivity contribution in [2.75, 3.05) is 0 Å². The summed E-state index contributed by atoms with van der Waals surface area (Å²) in [5.41, 5.74) is 1.00. The number of carbonyl (C=O) groups excluding carboxylic acids is 2. The molecular formula is C8H10N2O2. The first-order valence-electron chi connectivity index (χ1n) is 3.72. The Labute approximate surface area is 70.2 Å². The third kappa shape index (κ3) is 1.42. The van der Waals surface area contributed by atoms with Gasteiger partial charge in [-0.3, -0.25) is 14.3 Å². The fourth-order valence-corrected chi connectivity index (χ4v) is 0.985. The van der Waals surface area contributed by atoms with Crippen molar-refractivity contribution in [1.82, 2.24) is 9.78 Å². The monoisotopic (exact) mass is 166 g/mol. The Morgan fingerprint density at radius 2 is 2.42 bits per heavy atom. The third-order valence-corrected chi connectivity index (χ3v) is 1.64. The zero-order chi connectivity index (χ0) is 9.14. The van der Waals surface area contributed by atoms with Gasteiger partial charge in [-0.2, -0.15) is 5.10 Å². The summed E-state index contributed by atoms with van der Waals surface area (Å²) in [6.07, 6.45) is 1.90. The van der Waals surface area contributed by atoms with Crippen LogP contribution in [0, 0.1) is 6.92 Å². The molecular weight excluding hydrogens is 156 g/mol. The highest BCUT2D eigenvalue weighted by Crippen LogP contribution is 2.04. The van der Waals surface area contributed by atoms with Gasteiger partial charge in [0.1, 0.15) is 0 Å². The quantitative estimate of drug-likeness (QED) is 0.375. The van der Waals surface area contributed by atoms with Crippen molar-refractivity contribution in [2.45, 2.75) is 20.4 Å². The minimum absolute atomic E-state index is 0.310. The van der Waals surface area contributed by atoms with Crippen LogP contribution in [0.3, 0.4) is 0 Å². The molecule has 0 unspecified atom stereocenters. The molecule has 0 amide bonds. The number of hydrogen-bond donors (Lipinski definition) is 0. The van der Waals surface area contributed by atoms with Gasteiger partial charge < -0.3 is 0 Å². The molecule has 4 nitrogen and oxygen atoms in total. The van der Waals surface area contributed by atoms with Gasteiger partial charge in [-0.25, -0.2) is 0 Å².